The Morgan fingerprint density at radius 1 is 0.952 bits per heavy atom. The lowest BCUT2D eigenvalue weighted by Gasteiger charge is -2.17. The molecule has 0 saturated heterocycles. The fourth-order valence-corrected chi connectivity index (χ4v) is 2.81. The molecule has 21 heavy (non-hydrogen) atoms. The van der Waals surface area contributed by atoms with E-state index in [-0.39, 0.29) is 6.04 Å². The second kappa shape index (κ2) is 7.84. The van der Waals surface area contributed by atoms with Gasteiger partial charge in [-0.3, -0.25) is 0 Å². The van der Waals surface area contributed by atoms with Crippen molar-refractivity contribution >= 4 is 23.2 Å². The van der Waals surface area contributed by atoms with E-state index in [0.29, 0.717) is 10.0 Å². The lowest BCUT2D eigenvalue weighted by atomic mass is 9.97. The monoisotopic (exact) mass is 321 g/mol. The van der Waals surface area contributed by atoms with Crippen LogP contribution in [0, 0.1) is 0 Å². The molecule has 0 heterocycles. The van der Waals surface area contributed by atoms with Gasteiger partial charge in [0.1, 0.15) is 0 Å². The van der Waals surface area contributed by atoms with Crippen LogP contribution in [0.1, 0.15) is 36.1 Å². The van der Waals surface area contributed by atoms with Crippen molar-refractivity contribution in [3.63, 3.8) is 0 Å². The maximum atomic E-state index is 6.09. The van der Waals surface area contributed by atoms with Gasteiger partial charge in [-0.1, -0.05) is 66.9 Å². The summed E-state index contributed by atoms with van der Waals surface area (Å²) in [6, 6.07) is 15.0. The summed E-state index contributed by atoms with van der Waals surface area (Å²) >= 11 is 12.1. The van der Waals surface area contributed by atoms with Gasteiger partial charge in [0.15, 0.2) is 0 Å². The van der Waals surface area contributed by atoms with Crippen LogP contribution in [0.3, 0.4) is 0 Å². The maximum Gasteiger partial charge on any atom is 0.0595 e. The van der Waals surface area contributed by atoms with Crippen LogP contribution in [0.4, 0.5) is 0 Å². The molecule has 1 unspecified atom stereocenters. The molecule has 0 aliphatic rings. The van der Waals surface area contributed by atoms with Crippen LogP contribution in [-0.4, -0.2) is 7.05 Å². The highest BCUT2D eigenvalue weighted by Gasteiger charge is 2.11. The van der Waals surface area contributed by atoms with Gasteiger partial charge in [0.25, 0.3) is 0 Å². The molecule has 0 fully saturated rings. The fourth-order valence-electron chi connectivity index (χ4n) is 2.49. The first kappa shape index (κ1) is 16.4. The van der Waals surface area contributed by atoms with Crippen molar-refractivity contribution in [3.05, 3.63) is 69.2 Å². The lowest BCUT2D eigenvalue weighted by Crippen LogP contribution is -2.18. The zero-order chi connectivity index (χ0) is 15.2. The van der Waals surface area contributed by atoms with E-state index >= 15 is 0 Å². The molecule has 1 atom stereocenters. The smallest absolute Gasteiger partial charge is 0.0595 e. The Morgan fingerprint density at radius 2 is 1.62 bits per heavy atom. The molecular weight excluding hydrogens is 301 g/mol. The summed E-state index contributed by atoms with van der Waals surface area (Å²) in [4.78, 5) is 0. The van der Waals surface area contributed by atoms with Crippen LogP contribution < -0.4 is 5.32 Å². The Kier molecular flexibility index (Phi) is 6.10. The number of benzene rings is 2. The molecule has 3 heteroatoms. The third kappa shape index (κ3) is 4.47. The highest BCUT2D eigenvalue weighted by atomic mass is 35.5. The molecule has 0 spiro atoms. The van der Waals surface area contributed by atoms with Crippen molar-refractivity contribution in [1.82, 2.24) is 5.32 Å². The summed E-state index contributed by atoms with van der Waals surface area (Å²) in [5.74, 6) is 0. The summed E-state index contributed by atoms with van der Waals surface area (Å²) < 4.78 is 0. The maximum absolute atomic E-state index is 6.09. The van der Waals surface area contributed by atoms with Crippen LogP contribution >= 0.6 is 23.2 Å². The average Bonchev–Trinajstić information content (AvgIpc) is 2.50. The number of rotatable bonds is 6. The van der Waals surface area contributed by atoms with E-state index in [1.807, 2.05) is 25.2 Å². The highest BCUT2D eigenvalue weighted by Crippen LogP contribution is 2.26. The standard InChI is InChI=1S/C18H21Cl2N/c1-3-4-13-5-8-15(9-6-13)18(21-2)12-14-7-10-16(19)17(20)11-14/h5-11,18,21H,3-4,12H2,1-2H3. The van der Waals surface area contributed by atoms with Crippen molar-refractivity contribution in [1.29, 1.82) is 0 Å². The molecule has 1 nitrogen and oxygen atoms in total. The van der Waals surface area contributed by atoms with Crippen LogP contribution in [0.15, 0.2) is 42.5 Å². The van der Waals surface area contributed by atoms with Gasteiger partial charge in [0, 0.05) is 6.04 Å². The molecule has 0 bridgehead atoms. The average molecular weight is 322 g/mol. The molecule has 1 N–H and O–H groups in total. The van der Waals surface area contributed by atoms with Crippen molar-refractivity contribution in [2.75, 3.05) is 7.05 Å². The Bertz CT molecular complexity index is 578. The lowest BCUT2D eigenvalue weighted by molar-refractivity contribution is 0.592. The number of hydrogen-bond donors (Lipinski definition) is 1. The second-order valence-electron chi connectivity index (χ2n) is 5.29. The van der Waals surface area contributed by atoms with Gasteiger partial charge in [0.05, 0.1) is 10.0 Å². The van der Waals surface area contributed by atoms with E-state index in [0.717, 1.165) is 12.8 Å². The molecule has 0 aromatic heterocycles. The van der Waals surface area contributed by atoms with Gasteiger partial charge in [-0.25, -0.2) is 0 Å². The molecule has 0 saturated carbocycles. The molecule has 0 aliphatic carbocycles. The van der Waals surface area contributed by atoms with Crippen molar-refractivity contribution in [2.24, 2.45) is 0 Å². The molecule has 0 amide bonds. The van der Waals surface area contributed by atoms with E-state index < -0.39 is 0 Å². The number of aryl methyl sites for hydroxylation is 1. The number of nitrogens with one attached hydrogen (secondary N) is 1. The fraction of sp³-hybridized carbons (Fsp3) is 0.333. The molecular formula is C18H21Cl2N. The van der Waals surface area contributed by atoms with Gasteiger partial charge in [-0.05, 0) is 48.7 Å². The van der Waals surface area contributed by atoms with Crippen LogP contribution in [0.5, 0.6) is 0 Å². The van der Waals surface area contributed by atoms with Crippen molar-refractivity contribution < 1.29 is 0 Å². The van der Waals surface area contributed by atoms with Crippen LogP contribution in [0.2, 0.25) is 10.0 Å². The highest BCUT2D eigenvalue weighted by molar-refractivity contribution is 6.42. The third-order valence-electron chi connectivity index (χ3n) is 3.69. The van der Waals surface area contributed by atoms with E-state index in [1.165, 1.54) is 23.1 Å². The van der Waals surface area contributed by atoms with E-state index in [4.69, 9.17) is 23.2 Å². The zero-order valence-electron chi connectivity index (χ0n) is 12.5. The summed E-state index contributed by atoms with van der Waals surface area (Å²) in [6.07, 6.45) is 3.20. The minimum Gasteiger partial charge on any atom is -0.313 e. The molecule has 2 aromatic carbocycles. The summed E-state index contributed by atoms with van der Waals surface area (Å²) in [7, 11) is 1.99. The van der Waals surface area contributed by atoms with E-state index in [9.17, 15) is 0 Å². The SMILES string of the molecule is CCCc1ccc(C(Cc2ccc(Cl)c(Cl)c2)NC)cc1. The van der Waals surface area contributed by atoms with Gasteiger partial charge < -0.3 is 5.32 Å². The normalized spacial score (nSPS) is 12.4. The van der Waals surface area contributed by atoms with Gasteiger partial charge >= 0.3 is 0 Å². The largest absolute Gasteiger partial charge is 0.313 e. The number of hydrogen-bond acceptors (Lipinski definition) is 1. The first-order valence-electron chi connectivity index (χ1n) is 7.34. The Labute approximate surface area is 137 Å². The predicted octanol–water partition coefficient (Wildman–Crippen LogP) is 5.45. The summed E-state index contributed by atoms with van der Waals surface area (Å²) in [6.45, 7) is 2.20. The van der Waals surface area contributed by atoms with Gasteiger partial charge in [-0.2, -0.15) is 0 Å². The van der Waals surface area contributed by atoms with Crippen LogP contribution in [-0.2, 0) is 12.8 Å². The minimum absolute atomic E-state index is 0.276. The Balaban J connectivity index is 2.13. The molecule has 2 aromatic rings. The topological polar surface area (TPSA) is 12.0 Å². The van der Waals surface area contributed by atoms with E-state index in [2.05, 4.69) is 36.5 Å². The predicted molar refractivity (Wildman–Crippen MR) is 92.4 cm³/mol. The molecule has 2 rings (SSSR count). The van der Waals surface area contributed by atoms with E-state index in [1.54, 1.807) is 0 Å². The first-order valence-corrected chi connectivity index (χ1v) is 8.09. The summed E-state index contributed by atoms with van der Waals surface area (Å²) in [5, 5.41) is 4.59. The van der Waals surface area contributed by atoms with Gasteiger partial charge in [0.2, 0.25) is 0 Å². The van der Waals surface area contributed by atoms with Gasteiger partial charge in [-0.15, -0.1) is 0 Å². The summed E-state index contributed by atoms with van der Waals surface area (Å²) in [5.41, 5.74) is 3.87. The zero-order valence-corrected chi connectivity index (χ0v) is 14.0. The first-order chi connectivity index (χ1) is 10.1. The molecule has 0 radical (unpaired) electrons. The Morgan fingerprint density at radius 3 is 2.19 bits per heavy atom. The third-order valence-corrected chi connectivity index (χ3v) is 4.43. The minimum atomic E-state index is 0.276. The number of likely N-dealkylation sites (N-methyl/N-ethyl adjacent to an activating group) is 1. The van der Waals surface area contributed by atoms with Crippen molar-refractivity contribution in [2.45, 2.75) is 32.2 Å². The molecule has 112 valence electrons. The van der Waals surface area contributed by atoms with Crippen LogP contribution in [0.25, 0.3) is 0 Å². The van der Waals surface area contributed by atoms with Crippen molar-refractivity contribution in [3.8, 4) is 0 Å². The molecule has 0 aliphatic heterocycles. The number of halogens is 2. The second-order valence-corrected chi connectivity index (χ2v) is 6.10. The Hall–Kier alpha value is -1.02. The quantitative estimate of drug-likeness (QED) is 0.746.